The topological polar surface area (TPSA) is 42.5 Å². The van der Waals surface area contributed by atoms with E-state index < -0.39 is 0 Å². The molecule has 1 atom stereocenters. The van der Waals surface area contributed by atoms with E-state index in [2.05, 4.69) is 17.2 Å². The van der Waals surface area contributed by atoms with Crippen molar-refractivity contribution in [2.75, 3.05) is 0 Å². The molecule has 0 saturated carbocycles. The summed E-state index contributed by atoms with van der Waals surface area (Å²) in [5.41, 5.74) is 1.05. The van der Waals surface area contributed by atoms with Crippen LogP contribution in [0.15, 0.2) is 40.6 Å². The Balaban J connectivity index is 1.66. The van der Waals surface area contributed by atoms with Gasteiger partial charge < -0.3 is 9.73 Å². The number of aromatic nitrogens is 2. The first-order valence-electron chi connectivity index (χ1n) is 5.51. The highest BCUT2D eigenvalue weighted by Crippen LogP contribution is 2.14. The fraction of sp³-hybridized carbons (Fsp3) is 0.250. The van der Waals surface area contributed by atoms with E-state index in [-0.39, 0.29) is 6.04 Å². The van der Waals surface area contributed by atoms with Crippen LogP contribution in [0, 0.1) is 0 Å². The van der Waals surface area contributed by atoms with Gasteiger partial charge in [0.05, 0.1) is 18.0 Å². The van der Waals surface area contributed by atoms with Crippen molar-refractivity contribution in [3.05, 3.63) is 47.6 Å². The van der Waals surface area contributed by atoms with Gasteiger partial charge in [-0.1, -0.05) is 0 Å². The molecule has 0 bridgehead atoms. The van der Waals surface area contributed by atoms with Crippen LogP contribution in [0.5, 0.6) is 0 Å². The van der Waals surface area contributed by atoms with E-state index in [9.17, 15) is 0 Å². The maximum Gasteiger partial charge on any atom is 0.193 e. The van der Waals surface area contributed by atoms with E-state index in [0.717, 1.165) is 23.0 Å². The molecule has 3 aromatic rings. The fourth-order valence-corrected chi connectivity index (χ4v) is 2.48. The van der Waals surface area contributed by atoms with E-state index >= 15 is 0 Å². The molecule has 0 aliphatic heterocycles. The van der Waals surface area contributed by atoms with Crippen LogP contribution in [0.25, 0.3) is 4.96 Å². The molecule has 4 nitrogen and oxygen atoms in total. The molecule has 0 unspecified atom stereocenters. The summed E-state index contributed by atoms with van der Waals surface area (Å²) in [6.07, 6.45) is 5.76. The predicted octanol–water partition coefficient (Wildman–Crippen LogP) is 2.84. The van der Waals surface area contributed by atoms with Crippen molar-refractivity contribution in [1.82, 2.24) is 14.7 Å². The first kappa shape index (κ1) is 10.6. The van der Waals surface area contributed by atoms with Gasteiger partial charge in [-0.2, -0.15) is 0 Å². The summed E-state index contributed by atoms with van der Waals surface area (Å²) in [4.78, 5) is 5.55. The van der Waals surface area contributed by atoms with Crippen LogP contribution in [0.4, 0.5) is 0 Å². The second kappa shape index (κ2) is 4.35. The molecule has 0 amide bonds. The third-order valence-electron chi connectivity index (χ3n) is 2.70. The number of hydrogen-bond donors (Lipinski definition) is 1. The molecule has 3 heterocycles. The number of nitrogens with one attached hydrogen (secondary N) is 1. The molecule has 0 aromatic carbocycles. The van der Waals surface area contributed by atoms with Crippen molar-refractivity contribution in [2.45, 2.75) is 19.5 Å². The molecule has 0 radical (unpaired) electrons. The summed E-state index contributed by atoms with van der Waals surface area (Å²) in [7, 11) is 0. The molecule has 3 rings (SSSR count). The number of fused-ring (bicyclic) bond motifs is 1. The average Bonchev–Trinajstić information content (AvgIpc) is 3.01. The lowest BCUT2D eigenvalue weighted by Crippen LogP contribution is -2.17. The SMILES string of the molecule is C[C@H](NCc1cn2ccsc2n1)c1ccco1. The Labute approximate surface area is 103 Å². The summed E-state index contributed by atoms with van der Waals surface area (Å²) in [6.45, 7) is 2.83. The third-order valence-corrected chi connectivity index (χ3v) is 3.47. The lowest BCUT2D eigenvalue weighted by molar-refractivity contribution is 0.429. The van der Waals surface area contributed by atoms with Crippen LogP contribution in [0.2, 0.25) is 0 Å². The lowest BCUT2D eigenvalue weighted by atomic mass is 10.2. The van der Waals surface area contributed by atoms with Gasteiger partial charge in [0.2, 0.25) is 0 Å². The van der Waals surface area contributed by atoms with E-state index in [0.29, 0.717) is 0 Å². The van der Waals surface area contributed by atoms with Crippen molar-refractivity contribution >= 4 is 16.3 Å². The normalized spacial score (nSPS) is 13.2. The Morgan fingerprint density at radius 3 is 3.29 bits per heavy atom. The minimum absolute atomic E-state index is 0.199. The molecule has 0 saturated heterocycles. The number of nitrogens with zero attached hydrogens (tertiary/aromatic N) is 2. The van der Waals surface area contributed by atoms with Gasteiger partial charge >= 0.3 is 0 Å². The van der Waals surface area contributed by atoms with Crippen LogP contribution in [0.1, 0.15) is 24.4 Å². The van der Waals surface area contributed by atoms with Crippen molar-refractivity contribution < 1.29 is 4.42 Å². The quantitative estimate of drug-likeness (QED) is 0.771. The number of hydrogen-bond acceptors (Lipinski definition) is 4. The Bertz CT molecular complexity index is 568. The van der Waals surface area contributed by atoms with Crippen molar-refractivity contribution in [3.8, 4) is 0 Å². The Hall–Kier alpha value is -1.59. The van der Waals surface area contributed by atoms with Gasteiger partial charge in [0.15, 0.2) is 4.96 Å². The van der Waals surface area contributed by atoms with E-state index in [1.54, 1.807) is 17.6 Å². The number of imidazole rings is 1. The molecule has 3 aromatic heterocycles. The molecule has 17 heavy (non-hydrogen) atoms. The second-order valence-electron chi connectivity index (χ2n) is 3.94. The number of furan rings is 1. The summed E-state index contributed by atoms with van der Waals surface area (Å²) < 4.78 is 7.38. The number of thiazole rings is 1. The highest BCUT2D eigenvalue weighted by atomic mass is 32.1. The standard InChI is InChI=1S/C12H13N3OS/c1-9(11-3-2-5-16-11)13-7-10-8-15-4-6-17-12(15)14-10/h2-6,8-9,13H,7H2,1H3/t9-/m0/s1. The summed E-state index contributed by atoms with van der Waals surface area (Å²) in [5, 5.41) is 5.42. The minimum atomic E-state index is 0.199. The van der Waals surface area contributed by atoms with Crippen molar-refractivity contribution in [1.29, 1.82) is 0 Å². The van der Waals surface area contributed by atoms with Gasteiger partial charge in [-0.15, -0.1) is 11.3 Å². The molecular formula is C12H13N3OS. The van der Waals surface area contributed by atoms with Crippen LogP contribution < -0.4 is 5.32 Å². The molecule has 0 aliphatic carbocycles. The zero-order chi connectivity index (χ0) is 11.7. The first-order chi connectivity index (χ1) is 8.33. The third kappa shape index (κ3) is 2.11. The fourth-order valence-electron chi connectivity index (χ4n) is 1.76. The predicted molar refractivity (Wildman–Crippen MR) is 67.0 cm³/mol. The van der Waals surface area contributed by atoms with Gasteiger partial charge in [0.1, 0.15) is 5.76 Å². The van der Waals surface area contributed by atoms with Crippen LogP contribution in [-0.4, -0.2) is 9.38 Å². The Kier molecular flexibility index (Phi) is 2.70. The number of rotatable bonds is 4. The highest BCUT2D eigenvalue weighted by molar-refractivity contribution is 7.15. The Morgan fingerprint density at radius 1 is 1.59 bits per heavy atom. The van der Waals surface area contributed by atoms with E-state index in [1.165, 1.54) is 0 Å². The average molecular weight is 247 g/mol. The first-order valence-corrected chi connectivity index (χ1v) is 6.39. The van der Waals surface area contributed by atoms with Gasteiger partial charge in [-0.25, -0.2) is 4.98 Å². The smallest absolute Gasteiger partial charge is 0.193 e. The van der Waals surface area contributed by atoms with Gasteiger partial charge in [0.25, 0.3) is 0 Å². The highest BCUT2D eigenvalue weighted by Gasteiger charge is 2.08. The van der Waals surface area contributed by atoms with Gasteiger partial charge in [0, 0.05) is 24.3 Å². The molecule has 0 spiro atoms. The molecule has 5 heteroatoms. The molecule has 0 aliphatic rings. The van der Waals surface area contributed by atoms with Crippen LogP contribution in [0.3, 0.4) is 0 Å². The summed E-state index contributed by atoms with van der Waals surface area (Å²) in [5.74, 6) is 0.950. The van der Waals surface area contributed by atoms with E-state index in [4.69, 9.17) is 4.42 Å². The summed E-state index contributed by atoms with van der Waals surface area (Å²) >= 11 is 1.65. The van der Waals surface area contributed by atoms with E-state index in [1.807, 2.05) is 34.3 Å². The lowest BCUT2D eigenvalue weighted by Gasteiger charge is -2.09. The maximum atomic E-state index is 5.34. The largest absolute Gasteiger partial charge is 0.468 e. The van der Waals surface area contributed by atoms with Crippen LogP contribution >= 0.6 is 11.3 Å². The monoisotopic (exact) mass is 247 g/mol. The van der Waals surface area contributed by atoms with Gasteiger partial charge in [-0.05, 0) is 19.1 Å². The molecule has 1 N–H and O–H groups in total. The van der Waals surface area contributed by atoms with Crippen LogP contribution in [-0.2, 0) is 6.54 Å². The molecule has 88 valence electrons. The minimum Gasteiger partial charge on any atom is -0.468 e. The molecule has 0 fully saturated rings. The van der Waals surface area contributed by atoms with Gasteiger partial charge in [-0.3, -0.25) is 4.40 Å². The second-order valence-corrected chi connectivity index (χ2v) is 4.82. The zero-order valence-corrected chi connectivity index (χ0v) is 10.3. The summed E-state index contributed by atoms with van der Waals surface area (Å²) in [6, 6.07) is 4.08. The zero-order valence-electron chi connectivity index (χ0n) is 9.46. The van der Waals surface area contributed by atoms with Crippen molar-refractivity contribution in [3.63, 3.8) is 0 Å². The molecular weight excluding hydrogens is 234 g/mol. The van der Waals surface area contributed by atoms with Crippen molar-refractivity contribution in [2.24, 2.45) is 0 Å². The Morgan fingerprint density at radius 2 is 2.53 bits per heavy atom. The maximum absolute atomic E-state index is 5.34.